The first-order valence-electron chi connectivity index (χ1n) is 8.58. The zero-order chi connectivity index (χ0) is 20.6. The fourth-order valence-electron chi connectivity index (χ4n) is 3.03. The minimum atomic E-state index is -3.95. The molecule has 0 saturated heterocycles. The molecule has 4 aromatic rings. The Hall–Kier alpha value is -2.46. The summed E-state index contributed by atoms with van der Waals surface area (Å²) in [6, 6.07) is 15.0. The molecule has 0 saturated carbocycles. The number of benzene rings is 2. The van der Waals surface area contributed by atoms with Gasteiger partial charge in [0.15, 0.2) is 5.82 Å². The molecule has 10 heteroatoms. The Bertz CT molecular complexity index is 1300. The van der Waals surface area contributed by atoms with Crippen LogP contribution < -0.4 is 10.5 Å². The van der Waals surface area contributed by atoms with Crippen molar-refractivity contribution in [1.29, 1.82) is 0 Å². The van der Waals surface area contributed by atoms with Crippen LogP contribution in [0.4, 0.5) is 10.2 Å². The van der Waals surface area contributed by atoms with Gasteiger partial charge in [-0.2, -0.15) is 5.10 Å². The lowest BCUT2D eigenvalue weighted by Crippen LogP contribution is -2.13. The third-order valence-corrected chi connectivity index (χ3v) is 7.39. The van der Waals surface area contributed by atoms with Gasteiger partial charge >= 0.3 is 0 Å². The normalized spacial score (nSPS) is 11.8. The molecule has 0 aliphatic heterocycles. The van der Waals surface area contributed by atoms with Gasteiger partial charge in [-0.15, -0.1) is 11.3 Å². The molecule has 0 aliphatic carbocycles. The van der Waals surface area contributed by atoms with Gasteiger partial charge in [0.1, 0.15) is 10.0 Å². The van der Waals surface area contributed by atoms with Gasteiger partial charge in [0.05, 0.1) is 21.8 Å². The number of rotatable bonds is 6. The van der Waals surface area contributed by atoms with Crippen LogP contribution in [0.2, 0.25) is 4.34 Å². The largest absolute Gasteiger partial charge is 0.326 e. The van der Waals surface area contributed by atoms with Gasteiger partial charge in [-0.3, -0.25) is 9.40 Å². The van der Waals surface area contributed by atoms with E-state index in [1.807, 2.05) is 24.3 Å². The Morgan fingerprint density at radius 3 is 2.62 bits per heavy atom. The molecule has 0 fully saturated rings. The first-order chi connectivity index (χ1) is 13.9. The van der Waals surface area contributed by atoms with Gasteiger partial charge in [0, 0.05) is 6.54 Å². The van der Waals surface area contributed by atoms with Crippen LogP contribution in [0.25, 0.3) is 10.9 Å². The van der Waals surface area contributed by atoms with Crippen molar-refractivity contribution < 1.29 is 12.8 Å². The molecule has 0 aliphatic rings. The number of nitrogens with zero attached hydrogens (tertiary/aromatic N) is 2. The molecule has 0 radical (unpaired) electrons. The van der Waals surface area contributed by atoms with Crippen molar-refractivity contribution in [3.8, 4) is 0 Å². The molecular formula is C19H16ClFN4O2S2. The Kier molecular flexibility index (Phi) is 5.30. The second kappa shape index (κ2) is 7.75. The Morgan fingerprint density at radius 1 is 1.14 bits per heavy atom. The number of hydrogen-bond acceptors (Lipinski definition) is 5. The van der Waals surface area contributed by atoms with Crippen molar-refractivity contribution in [2.75, 3.05) is 4.72 Å². The topological polar surface area (TPSA) is 90.0 Å². The van der Waals surface area contributed by atoms with E-state index in [0.29, 0.717) is 22.9 Å². The summed E-state index contributed by atoms with van der Waals surface area (Å²) >= 11 is 6.76. The van der Waals surface area contributed by atoms with Gasteiger partial charge in [-0.05, 0) is 35.4 Å². The summed E-state index contributed by atoms with van der Waals surface area (Å²) in [5.41, 5.74) is 8.05. The zero-order valence-corrected chi connectivity index (χ0v) is 17.4. The lowest BCUT2D eigenvalue weighted by molar-refractivity contribution is 0.602. The summed E-state index contributed by atoms with van der Waals surface area (Å²) in [6.45, 7) is 0.733. The Balaban J connectivity index is 1.77. The van der Waals surface area contributed by atoms with E-state index in [1.165, 1.54) is 18.2 Å². The monoisotopic (exact) mass is 450 g/mol. The third-order valence-electron chi connectivity index (χ3n) is 4.33. The average molecular weight is 451 g/mol. The molecule has 6 nitrogen and oxygen atoms in total. The van der Waals surface area contributed by atoms with Crippen molar-refractivity contribution in [2.45, 2.75) is 17.3 Å². The van der Waals surface area contributed by atoms with E-state index in [0.717, 1.165) is 22.5 Å². The highest BCUT2D eigenvalue weighted by atomic mass is 35.5. The van der Waals surface area contributed by atoms with Crippen molar-refractivity contribution in [2.24, 2.45) is 5.73 Å². The second-order valence-corrected chi connectivity index (χ2v) is 9.95. The number of fused-ring (bicyclic) bond motifs is 1. The maximum absolute atomic E-state index is 14.6. The molecule has 0 spiro atoms. The van der Waals surface area contributed by atoms with Crippen LogP contribution >= 0.6 is 22.9 Å². The highest BCUT2D eigenvalue weighted by molar-refractivity contribution is 7.94. The van der Waals surface area contributed by atoms with E-state index < -0.39 is 15.8 Å². The number of nitrogens with two attached hydrogens (primary N) is 1. The maximum Gasteiger partial charge on any atom is 0.272 e. The SMILES string of the molecule is NCc1cccc(Cn2nc(NS(=O)(=O)c3ccc(Cl)s3)c3c(F)cccc32)c1. The minimum Gasteiger partial charge on any atom is -0.326 e. The van der Waals surface area contributed by atoms with E-state index in [1.54, 1.807) is 16.8 Å². The molecule has 29 heavy (non-hydrogen) atoms. The van der Waals surface area contributed by atoms with Crippen molar-refractivity contribution in [3.05, 3.63) is 75.9 Å². The second-order valence-electron chi connectivity index (χ2n) is 6.33. The minimum absolute atomic E-state index is 0.0252. The number of thiophene rings is 1. The van der Waals surface area contributed by atoms with Crippen LogP contribution in [-0.2, 0) is 23.1 Å². The van der Waals surface area contributed by atoms with Gasteiger partial charge in [0.25, 0.3) is 10.0 Å². The lowest BCUT2D eigenvalue weighted by Gasteiger charge is -2.06. The van der Waals surface area contributed by atoms with E-state index in [2.05, 4.69) is 9.82 Å². The summed E-state index contributed by atoms with van der Waals surface area (Å²) in [4.78, 5) is 0. The molecule has 0 unspecified atom stereocenters. The number of anilines is 1. The van der Waals surface area contributed by atoms with Crippen LogP contribution in [0.3, 0.4) is 0 Å². The summed E-state index contributed by atoms with van der Waals surface area (Å²) in [7, 11) is -3.95. The predicted octanol–water partition coefficient (Wildman–Crippen LogP) is 4.20. The molecule has 2 aromatic carbocycles. The molecule has 3 N–H and O–H groups in total. The third kappa shape index (κ3) is 3.99. The molecule has 2 aromatic heterocycles. The molecule has 2 heterocycles. The van der Waals surface area contributed by atoms with Crippen LogP contribution in [0.1, 0.15) is 11.1 Å². The van der Waals surface area contributed by atoms with E-state index in [-0.39, 0.29) is 15.4 Å². The number of nitrogens with one attached hydrogen (secondary N) is 1. The zero-order valence-electron chi connectivity index (χ0n) is 15.0. The van der Waals surface area contributed by atoms with E-state index in [9.17, 15) is 12.8 Å². The standard InChI is InChI=1S/C19H16ClFN4O2S2/c20-16-7-8-17(28-16)29(26,27)24-19-18-14(21)5-2-6-15(18)25(23-19)11-13-4-1-3-12(9-13)10-22/h1-9H,10-11,22H2,(H,23,24). The van der Waals surface area contributed by atoms with Crippen LogP contribution in [-0.4, -0.2) is 18.2 Å². The summed E-state index contributed by atoms with van der Waals surface area (Å²) in [6.07, 6.45) is 0. The highest BCUT2D eigenvalue weighted by Crippen LogP contribution is 2.31. The highest BCUT2D eigenvalue weighted by Gasteiger charge is 2.22. The fourth-order valence-corrected chi connectivity index (χ4v) is 5.52. The number of sulfonamides is 1. The van der Waals surface area contributed by atoms with E-state index in [4.69, 9.17) is 17.3 Å². The number of hydrogen-bond donors (Lipinski definition) is 2. The summed E-state index contributed by atoms with van der Waals surface area (Å²) < 4.78 is 44.2. The van der Waals surface area contributed by atoms with Crippen molar-refractivity contribution >= 4 is 49.7 Å². The number of aromatic nitrogens is 2. The van der Waals surface area contributed by atoms with Gasteiger partial charge in [0.2, 0.25) is 0 Å². The quantitative estimate of drug-likeness (QED) is 0.460. The van der Waals surface area contributed by atoms with Crippen LogP contribution in [0.5, 0.6) is 0 Å². The smallest absolute Gasteiger partial charge is 0.272 e. The van der Waals surface area contributed by atoms with E-state index >= 15 is 0 Å². The van der Waals surface area contributed by atoms with Crippen molar-refractivity contribution in [1.82, 2.24) is 9.78 Å². The molecule has 0 atom stereocenters. The van der Waals surface area contributed by atoms with Gasteiger partial charge < -0.3 is 5.73 Å². The first kappa shape index (κ1) is 19.8. The molecular weight excluding hydrogens is 435 g/mol. The fraction of sp³-hybridized carbons (Fsp3) is 0.105. The summed E-state index contributed by atoms with van der Waals surface area (Å²) in [5, 5.41) is 4.45. The van der Waals surface area contributed by atoms with Crippen molar-refractivity contribution in [3.63, 3.8) is 0 Å². The average Bonchev–Trinajstić information content (AvgIpc) is 3.27. The summed E-state index contributed by atoms with van der Waals surface area (Å²) in [5.74, 6) is -0.635. The van der Waals surface area contributed by atoms with Crippen LogP contribution in [0.15, 0.2) is 58.8 Å². The molecule has 0 bridgehead atoms. The van der Waals surface area contributed by atoms with Gasteiger partial charge in [-0.25, -0.2) is 12.8 Å². The molecule has 4 rings (SSSR count). The van der Waals surface area contributed by atoms with Crippen LogP contribution in [0, 0.1) is 5.82 Å². The lowest BCUT2D eigenvalue weighted by atomic mass is 10.1. The Morgan fingerprint density at radius 2 is 1.90 bits per heavy atom. The predicted molar refractivity (Wildman–Crippen MR) is 113 cm³/mol. The Labute approximate surface area is 175 Å². The number of halogens is 2. The maximum atomic E-state index is 14.6. The van der Waals surface area contributed by atoms with Gasteiger partial charge in [-0.1, -0.05) is 41.9 Å². The first-order valence-corrected chi connectivity index (χ1v) is 11.3. The molecule has 0 amide bonds. The molecule has 150 valence electrons.